The first kappa shape index (κ1) is 16.8. The summed E-state index contributed by atoms with van der Waals surface area (Å²) in [5.74, 6) is -0.467. The molecule has 0 radical (unpaired) electrons. The summed E-state index contributed by atoms with van der Waals surface area (Å²) in [7, 11) is 0. The number of Topliss-reactive ketones (excluding diaryl/α,β-unsaturated/α-hetero) is 1. The van der Waals surface area contributed by atoms with E-state index < -0.39 is 24.5 Å². The fourth-order valence-corrected chi connectivity index (χ4v) is 2.95. The Hall–Kier alpha value is -0.300. The maximum Gasteiger partial charge on any atom is 0.401 e. The zero-order chi connectivity index (χ0) is 14.8. The predicted molar refractivity (Wildman–Crippen MR) is 71.4 cm³/mol. The van der Waals surface area contributed by atoms with Gasteiger partial charge < -0.3 is 0 Å². The second-order valence-corrected chi connectivity index (χ2v) is 6.56. The Morgan fingerprint density at radius 2 is 2.00 bits per heavy atom. The number of rotatable bonds is 5. The number of thiophene rings is 1. The van der Waals surface area contributed by atoms with Crippen LogP contribution in [0.5, 0.6) is 0 Å². The second kappa shape index (κ2) is 6.43. The summed E-state index contributed by atoms with van der Waals surface area (Å²) < 4.78 is 37.7. The van der Waals surface area contributed by atoms with Gasteiger partial charge in [0.15, 0.2) is 5.78 Å². The van der Waals surface area contributed by atoms with E-state index in [1.165, 1.54) is 6.07 Å². The number of hydrogen-bond donors (Lipinski definition) is 0. The fraction of sp³-hybridized carbons (Fsp3) is 0.545. The average molecular weight is 334 g/mol. The molecule has 108 valence electrons. The van der Waals surface area contributed by atoms with Crippen LogP contribution in [-0.2, 0) is 0 Å². The summed E-state index contributed by atoms with van der Waals surface area (Å²) in [6.07, 6.45) is -4.35. The van der Waals surface area contributed by atoms with Gasteiger partial charge in [0.1, 0.15) is 4.34 Å². The summed E-state index contributed by atoms with van der Waals surface area (Å²) >= 11 is 12.5. The number of nitrogens with zero attached hydrogens (tertiary/aromatic N) is 1. The van der Waals surface area contributed by atoms with E-state index in [9.17, 15) is 18.0 Å². The standard InChI is InChI=1S/C11H12Cl2F3NOS/c1-6(2)17(5-11(14,15)16)4-8(18)7-3-9(12)19-10(7)13/h3,6H,4-5H2,1-2H3. The monoisotopic (exact) mass is 333 g/mol. The summed E-state index contributed by atoms with van der Waals surface area (Å²) in [6, 6.07) is 0.974. The smallest absolute Gasteiger partial charge is 0.293 e. The third-order valence-corrected chi connectivity index (χ3v) is 3.90. The largest absolute Gasteiger partial charge is 0.401 e. The van der Waals surface area contributed by atoms with E-state index in [4.69, 9.17) is 23.2 Å². The molecule has 0 N–H and O–H groups in total. The minimum atomic E-state index is -4.35. The maximum absolute atomic E-state index is 12.4. The molecule has 1 aromatic heterocycles. The lowest BCUT2D eigenvalue weighted by Crippen LogP contribution is -2.42. The van der Waals surface area contributed by atoms with Gasteiger partial charge in [-0.2, -0.15) is 13.2 Å². The van der Waals surface area contributed by atoms with Gasteiger partial charge in [-0.1, -0.05) is 23.2 Å². The zero-order valence-electron chi connectivity index (χ0n) is 10.2. The zero-order valence-corrected chi connectivity index (χ0v) is 12.6. The third-order valence-electron chi connectivity index (χ3n) is 2.42. The molecule has 0 fully saturated rings. The molecule has 0 aromatic carbocycles. The molecule has 0 saturated heterocycles. The minimum absolute atomic E-state index is 0.171. The molecule has 0 aliphatic rings. The maximum atomic E-state index is 12.4. The molecule has 0 aliphatic carbocycles. The normalized spacial score (nSPS) is 12.5. The van der Waals surface area contributed by atoms with Crippen LogP contribution < -0.4 is 0 Å². The van der Waals surface area contributed by atoms with Crippen LogP contribution in [0.4, 0.5) is 13.2 Å². The van der Waals surface area contributed by atoms with E-state index in [0.717, 1.165) is 16.2 Å². The molecule has 2 nitrogen and oxygen atoms in total. The van der Waals surface area contributed by atoms with Gasteiger partial charge in [0.05, 0.1) is 23.0 Å². The van der Waals surface area contributed by atoms with Gasteiger partial charge in [-0.25, -0.2) is 0 Å². The van der Waals surface area contributed by atoms with Crippen LogP contribution in [0.2, 0.25) is 8.67 Å². The number of ketones is 1. The van der Waals surface area contributed by atoms with E-state index in [1.807, 2.05) is 0 Å². The number of carbonyl (C=O) groups is 1. The first-order valence-electron chi connectivity index (χ1n) is 5.39. The van der Waals surface area contributed by atoms with Gasteiger partial charge in [-0.05, 0) is 19.9 Å². The molecule has 0 bridgehead atoms. The molecule has 19 heavy (non-hydrogen) atoms. The highest BCUT2D eigenvalue weighted by atomic mass is 35.5. The third kappa shape index (κ3) is 5.30. The molecule has 0 saturated carbocycles. The Morgan fingerprint density at radius 3 is 2.37 bits per heavy atom. The SMILES string of the molecule is CC(C)N(CC(=O)c1cc(Cl)sc1Cl)CC(F)(F)F. The highest BCUT2D eigenvalue weighted by molar-refractivity contribution is 7.20. The molecule has 0 amide bonds. The molecule has 8 heteroatoms. The van der Waals surface area contributed by atoms with Crippen LogP contribution in [0.25, 0.3) is 0 Å². The number of alkyl halides is 3. The Kier molecular flexibility index (Phi) is 5.67. The van der Waals surface area contributed by atoms with Crippen LogP contribution in [0.1, 0.15) is 24.2 Å². The fourth-order valence-electron chi connectivity index (χ4n) is 1.45. The molecule has 0 atom stereocenters. The van der Waals surface area contributed by atoms with E-state index in [-0.39, 0.29) is 16.4 Å². The van der Waals surface area contributed by atoms with Crippen molar-refractivity contribution in [2.24, 2.45) is 0 Å². The van der Waals surface area contributed by atoms with E-state index >= 15 is 0 Å². The summed E-state index contributed by atoms with van der Waals surface area (Å²) in [6.45, 7) is 1.72. The highest BCUT2D eigenvalue weighted by Gasteiger charge is 2.33. The molecule has 0 aliphatic heterocycles. The van der Waals surface area contributed by atoms with Crippen molar-refractivity contribution in [3.63, 3.8) is 0 Å². The van der Waals surface area contributed by atoms with Crippen molar-refractivity contribution in [3.8, 4) is 0 Å². The summed E-state index contributed by atoms with van der Waals surface area (Å²) in [4.78, 5) is 13.0. The van der Waals surface area contributed by atoms with Crippen molar-refractivity contribution in [3.05, 3.63) is 20.3 Å². The second-order valence-electron chi connectivity index (χ2n) is 4.27. The lowest BCUT2D eigenvalue weighted by Gasteiger charge is -2.26. The van der Waals surface area contributed by atoms with Gasteiger partial charge in [-0.3, -0.25) is 9.69 Å². The number of carbonyl (C=O) groups excluding carboxylic acids is 1. The van der Waals surface area contributed by atoms with Crippen LogP contribution in [-0.4, -0.2) is 36.0 Å². The van der Waals surface area contributed by atoms with Gasteiger partial charge in [0.2, 0.25) is 0 Å². The van der Waals surface area contributed by atoms with Gasteiger partial charge in [0, 0.05) is 6.04 Å². The summed E-state index contributed by atoms with van der Waals surface area (Å²) in [5, 5.41) is 0. The number of hydrogen-bond acceptors (Lipinski definition) is 3. The molecule has 1 rings (SSSR count). The van der Waals surface area contributed by atoms with Crippen LogP contribution >= 0.6 is 34.5 Å². The van der Waals surface area contributed by atoms with Crippen molar-refractivity contribution in [2.75, 3.05) is 13.1 Å². The van der Waals surface area contributed by atoms with Crippen molar-refractivity contribution in [1.82, 2.24) is 4.90 Å². The van der Waals surface area contributed by atoms with Crippen molar-refractivity contribution >= 4 is 40.3 Å². The lowest BCUT2D eigenvalue weighted by molar-refractivity contribution is -0.148. The average Bonchev–Trinajstić information content (AvgIpc) is 2.54. The van der Waals surface area contributed by atoms with Crippen molar-refractivity contribution in [1.29, 1.82) is 0 Å². The summed E-state index contributed by atoms with van der Waals surface area (Å²) in [5.41, 5.74) is 0.171. The highest BCUT2D eigenvalue weighted by Crippen LogP contribution is 2.31. The quantitative estimate of drug-likeness (QED) is 0.739. The predicted octanol–water partition coefficient (Wildman–Crippen LogP) is 4.51. The first-order valence-corrected chi connectivity index (χ1v) is 6.96. The van der Waals surface area contributed by atoms with Gasteiger partial charge in [0.25, 0.3) is 0 Å². The Balaban J connectivity index is 2.80. The molecule has 1 aromatic rings. The van der Waals surface area contributed by atoms with Crippen molar-refractivity contribution in [2.45, 2.75) is 26.1 Å². The van der Waals surface area contributed by atoms with Crippen LogP contribution in [0.3, 0.4) is 0 Å². The van der Waals surface area contributed by atoms with Gasteiger partial charge in [-0.15, -0.1) is 11.3 Å². The lowest BCUT2D eigenvalue weighted by atomic mass is 10.2. The molecular weight excluding hydrogens is 322 g/mol. The van der Waals surface area contributed by atoms with Crippen LogP contribution in [0.15, 0.2) is 6.07 Å². The van der Waals surface area contributed by atoms with E-state index in [2.05, 4.69) is 0 Å². The topological polar surface area (TPSA) is 20.3 Å². The molecule has 1 heterocycles. The Morgan fingerprint density at radius 1 is 1.42 bits per heavy atom. The molecule has 0 spiro atoms. The van der Waals surface area contributed by atoms with Crippen LogP contribution in [0, 0.1) is 0 Å². The Bertz CT molecular complexity index is 459. The molecular formula is C11H12Cl2F3NOS. The van der Waals surface area contributed by atoms with Crippen molar-refractivity contribution < 1.29 is 18.0 Å². The Labute approximate surface area is 123 Å². The first-order chi connectivity index (χ1) is 8.60. The minimum Gasteiger partial charge on any atom is -0.293 e. The van der Waals surface area contributed by atoms with Gasteiger partial charge >= 0.3 is 6.18 Å². The number of halogens is 5. The van der Waals surface area contributed by atoms with E-state index in [0.29, 0.717) is 4.34 Å². The van der Waals surface area contributed by atoms with E-state index in [1.54, 1.807) is 13.8 Å². The molecule has 0 unspecified atom stereocenters.